The predicted octanol–water partition coefficient (Wildman–Crippen LogP) is 4.86. The van der Waals surface area contributed by atoms with Crippen molar-refractivity contribution in [3.63, 3.8) is 0 Å². The van der Waals surface area contributed by atoms with E-state index in [1.165, 1.54) is 23.5 Å². The Hall–Kier alpha value is -1.39. The third-order valence-electron chi connectivity index (χ3n) is 2.45. The summed E-state index contributed by atoms with van der Waals surface area (Å²) in [5, 5.41) is 1.88. The summed E-state index contributed by atoms with van der Waals surface area (Å²) in [5.74, 6) is 0.588. The fraction of sp³-hybridized carbons (Fsp3) is 0.133. The summed E-state index contributed by atoms with van der Waals surface area (Å²) in [6.45, 7) is 2.03. The lowest BCUT2D eigenvalue weighted by molar-refractivity contribution is 0.105. The highest BCUT2D eigenvalue weighted by Gasteiger charge is 2.08. The Balaban J connectivity index is 2.29. The number of hydrogen-bond acceptors (Lipinski definition) is 3. The van der Waals surface area contributed by atoms with Crippen molar-refractivity contribution in [1.82, 2.24) is 0 Å². The molecule has 0 unspecified atom stereocenters. The van der Waals surface area contributed by atoms with Gasteiger partial charge in [-0.15, -0.1) is 23.1 Å². The van der Waals surface area contributed by atoms with Crippen molar-refractivity contribution in [1.29, 1.82) is 0 Å². The second kappa shape index (κ2) is 6.68. The lowest BCUT2D eigenvalue weighted by Gasteiger charge is -2.05. The highest BCUT2D eigenvalue weighted by atomic mass is 32.2. The minimum Gasteiger partial charge on any atom is -0.288 e. The van der Waals surface area contributed by atoms with E-state index in [4.69, 9.17) is 0 Å². The molecule has 2 aromatic rings. The van der Waals surface area contributed by atoms with Gasteiger partial charge in [-0.25, -0.2) is 4.39 Å². The Kier molecular flexibility index (Phi) is 4.93. The van der Waals surface area contributed by atoms with Gasteiger partial charge in [-0.05, 0) is 34.9 Å². The molecule has 0 amide bonds. The quantitative estimate of drug-likeness (QED) is 0.578. The first-order valence-electron chi connectivity index (χ1n) is 5.89. The molecule has 1 aromatic heterocycles. The largest absolute Gasteiger partial charge is 0.288 e. The van der Waals surface area contributed by atoms with Crippen LogP contribution in [0.4, 0.5) is 4.39 Å². The minimum absolute atomic E-state index is 0.00437. The van der Waals surface area contributed by atoms with Crippen molar-refractivity contribution >= 4 is 33.8 Å². The van der Waals surface area contributed by atoms with E-state index in [2.05, 4.69) is 0 Å². The van der Waals surface area contributed by atoms with E-state index in [1.54, 1.807) is 30.0 Å². The molecular formula is C15H13FOS2. The van der Waals surface area contributed by atoms with Crippen molar-refractivity contribution in [2.45, 2.75) is 6.92 Å². The Morgan fingerprint density at radius 3 is 2.63 bits per heavy atom. The SMILES string of the molecule is CCS/C(=C/C(=O)c1cccs1)c1ccc(F)cc1. The van der Waals surface area contributed by atoms with Gasteiger partial charge in [0.2, 0.25) is 0 Å². The van der Waals surface area contributed by atoms with Crippen LogP contribution in [-0.2, 0) is 0 Å². The topological polar surface area (TPSA) is 17.1 Å². The molecule has 4 heteroatoms. The first kappa shape index (κ1) is 14.0. The smallest absolute Gasteiger partial charge is 0.196 e. The molecule has 0 bridgehead atoms. The fourth-order valence-corrected chi connectivity index (χ4v) is 3.03. The summed E-state index contributed by atoms with van der Waals surface area (Å²) < 4.78 is 12.9. The number of hydrogen-bond donors (Lipinski definition) is 0. The number of halogens is 1. The molecule has 0 N–H and O–H groups in total. The molecule has 0 saturated heterocycles. The summed E-state index contributed by atoms with van der Waals surface area (Å²) in [5.41, 5.74) is 0.873. The van der Waals surface area contributed by atoms with Gasteiger partial charge in [0.25, 0.3) is 0 Å². The van der Waals surface area contributed by atoms with Gasteiger partial charge in [0, 0.05) is 11.0 Å². The Bertz CT molecular complexity index is 571. The second-order valence-electron chi connectivity index (χ2n) is 3.79. The summed E-state index contributed by atoms with van der Waals surface area (Å²) >= 11 is 3.01. The zero-order chi connectivity index (χ0) is 13.7. The van der Waals surface area contributed by atoms with Crippen LogP contribution >= 0.6 is 23.1 Å². The lowest BCUT2D eigenvalue weighted by atomic mass is 10.2. The zero-order valence-corrected chi connectivity index (χ0v) is 12.1. The maximum Gasteiger partial charge on any atom is 0.196 e. The first-order chi connectivity index (χ1) is 9.20. The molecule has 19 heavy (non-hydrogen) atoms. The molecule has 0 saturated carbocycles. The highest BCUT2D eigenvalue weighted by molar-refractivity contribution is 8.08. The van der Waals surface area contributed by atoms with Gasteiger partial charge in [-0.1, -0.05) is 25.1 Å². The number of carbonyl (C=O) groups is 1. The molecule has 0 atom stereocenters. The molecule has 0 aliphatic heterocycles. The predicted molar refractivity (Wildman–Crippen MR) is 81.2 cm³/mol. The van der Waals surface area contributed by atoms with Gasteiger partial charge in [0.15, 0.2) is 5.78 Å². The molecular weight excluding hydrogens is 279 g/mol. The number of rotatable bonds is 5. The van der Waals surface area contributed by atoms with E-state index >= 15 is 0 Å². The van der Waals surface area contributed by atoms with Crippen LogP contribution in [0, 0.1) is 5.82 Å². The summed E-state index contributed by atoms with van der Waals surface area (Å²) in [7, 11) is 0. The van der Waals surface area contributed by atoms with E-state index in [-0.39, 0.29) is 11.6 Å². The van der Waals surface area contributed by atoms with E-state index in [9.17, 15) is 9.18 Å². The molecule has 2 rings (SSSR count). The van der Waals surface area contributed by atoms with Crippen molar-refractivity contribution in [2.75, 3.05) is 5.75 Å². The zero-order valence-electron chi connectivity index (χ0n) is 10.4. The Labute approximate surface area is 120 Å². The van der Waals surface area contributed by atoms with Gasteiger partial charge in [0.1, 0.15) is 5.82 Å². The van der Waals surface area contributed by atoms with E-state index in [0.717, 1.165) is 21.1 Å². The molecule has 1 aromatic carbocycles. The average Bonchev–Trinajstić information content (AvgIpc) is 2.93. The fourth-order valence-electron chi connectivity index (χ4n) is 1.59. The van der Waals surface area contributed by atoms with Gasteiger partial charge >= 0.3 is 0 Å². The number of carbonyl (C=O) groups excluding carboxylic acids is 1. The molecule has 0 aliphatic carbocycles. The van der Waals surface area contributed by atoms with Gasteiger partial charge in [-0.3, -0.25) is 4.79 Å². The van der Waals surface area contributed by atoms with Crippen LogP contribution in [0.2, 0.25) is 0 Å². The van der Waals surface area contributed by atoms with E-state index < -0.39 is 0 Å². The first-order valence-corrected chi connectivity index (χ1v) is 7.75. The van der Waals surface area contributed by atoms with Crippen molar-refractivity contribution in [3.05, 3.63) is 64.1 Å². The van der Waals surface area contributed by atoms with Crippen LogP contribution in [0.25, 0.3) is 4.91 Å². The van der Waals surface area contributed by atoms with Crippen LogP contribution in [0.3, 0.4) is 0 Å². The van der Waals surface area contributed by atoms with E-state index in [0.29, 0.717) is 0 Å². The van der Waals surface area contributed by atoms with Crippen molar-refractivity contribution in [2.24, 2.45) is 0 Å². The highest BCUT2D eigenvalue weighted by Crippen LogP contribution is 2.28. The summed E-state index contributed by atoms with van der Waals surface area (Å²) in [6, 6.07) is 9.89. The minimum atomic E-state index is -0.269. The summed E-state index contributed by atoms with van der Waals surface area (Å²) in [4.78, 5) is 13.7. The van der Waals surface area contributed by atoms with Gasteiger partial charge in [0.05, 0.1) is 4.88 Å². The Morgan fingerprint density at radius 2 is 2.05 bits per heavy atom. The van der Waals surface area contributed by atoms with Crippen molar-refractivity contribution < 1.29 is 9.18 Å². The van der Waals surface area contributed by atoms with Gasteiger partial charge < -0.3 is 0 Å². The number of benzene rings is 1. The third-order valence-corrected chi connectivity index (χ3v) is 4.29. The van der Waals surface area contributed by atoms with Crippen molar-refractivity contribution in [3.8, 4) is 0 Å². The lowest BCUT2D eigenvalue weighted by Crippen LogP contribution is -1.92. The summed E-state index contributed by atoms with van der Waals surface area (Å²) in [6.07, 6.45) is 1.63. The molecule has 1 nitrogen and oxygen atoms in total. The van der Waals surface area contributed by atoms with E-state index in [1.807, 2.05) is 24.4 Å². The molecule has 1 heterocycles. The van der Waals surface area contributed by atoms with Crippen LogP contribution in [0.5, 0.6) is 0 Å². The van der Waals surface area contributed by atoms with Crippen LogP contribution in [0.15, 0.2) is 47.9 Å². The maximum absolute atomic E-state index is 12.9. The third kappa shape index (κ3) is 3.78. The molecule has 98 valence electrons. The monoisotopic (exact) mass is 292 g/mol. The number of thioether (sulfide) groups is 1. The second-order valence-corrected chi connectivity index (χ2v) is 6.04. The standard InChI is InChI=1S/C15H13FOS2/c1-2-18-15(11-5-7-12(16)8-6-11)10-13(17)14-4-3-9-19-14/h3-10H,2H2,1H3/b15-10+. The van der Waals surface area contributed by atoms with Crippen LogP contribution in [0.1, 0.15) is 22.2 Å². The molecule has 0 spiro atoms. The van der Waals surface area contributed by atoms with Crippen LogP contribution < -0.4 is 0 Å². The average molecular weight is 292 g/mol. The Morgan fingerprint density at radius 1 is 1.32 bits per heavy atom. The number of thiophene rings is 1. The molecule has 0 fully saturated rings. The number of allylic oxidation sites excluding steroid dienone is 1. The number of ketones is 1. The normalized spacial score (nSPS) is 11.6. The molecule has 0 radical (unpaired) electrons. The van der Waals surface area contributed by atoms with Gasteiger partial charge in [-0.2, -0.15) is 0 Å². The molecule has 0 aliphatic rings. The maximum atomic E-state index is 12.9. The van der Waals surface area contributed by atoms with Crippen LogP contribution in [-0.4, -0.2) is 11.5 Å².